The first kappa shape index (κ1) is 23.1. The summed E-state index contributed by atoms with van der Waals surface area (Å²) in [5, 5.41) is 9.41. The predicted molar refractivity (Wildman–Crippen MR) is 88.9 cm³/mol. The minimum atomic E-state index is -1.63. The second-order valence-electron chi connectivity index (χ2n) is 7.60. The Balaban J connectivity index is 5.59. The molecule has 2 amide bonds. The first-order valence-corrected chi connectivity index (χ1v) is 8.00. The number of rotatable bonds is 6. The van der Waals surface area contributed by atoms with Gasteiger partial charge in [0.1, 0.15) is 23.4 Å². The van der Waals surface area contributed by atoms with Gasteiger partial charge in [-0.1, -0.05) is 0 Å². The van der Waals surface area contributed by atoms with E-state index in [1.807, 2.05) is 0 Å². The molecule has 0 radical (unpaired) electrons. The first-order chi connectivity index (χ1) is 11.2. The maximum atomic E-state index is 13.4. The normalized spacial score (nSPS) is 14.4. The summed E-state index contributed by atoms with van der Waals surface area (Å²) in [6, 6.07) is -1.63. The van der Waals surface area contributed by atoms with E-state index in [-0.39, 0.29) is 19.4 Å². The molecular formula is C16H29FN2O6. The summed E-state index contributed by atoms with van der Waals surface area (Å²) in [5.74, 6) is -1.47. The highest BCUT2D eigenvalue weighted by Gasteiger charge is 2.40. The second kappa shape index (κ2) is 8.98. The van der Waals surface area contributed by atoms with Crippen LogP contribution < -0.4 is 5.73 Å². The van der Waals surface area contributed by atoms with E-state index in [4.69, 9.17) is 15.2 Å². The zero-order valence-corrected chi connectivity index (χ0v) is 15.7. The topological polar surface area (TPSA) is 119 Å². The molecule has 8 nitrogen and oxygen atoms in total. The number of aliphatic carboxylic acids is 1. The molecule has 0 spiro atoms. The Morgan fingerprint density at radius 3 is 1.68 bits per heavy atom. The number of ether oxygens (including phenoxy) is 2. The number of nitrogens with two attached hydrogens (primary N) is 1. The van der Waals surface area contributed by atoms with Crippen molar-refractivity contribution >= 4 is 18.2 Å². The van der Waals surface area contributed by atoms with Gasteiger partial charge in [0.05, 0.1) is 0 Å². The number of imide groups is 1. The van der Waals surface area contributed by atoms with Crippen LogP contribution in [0.4, 0.5) is 14.0 Å². The van der Waals surface area contributed by atoms with Gasteiger partial charge in [-0.15, -0.1) is 0 Å². The van der Waals surface area contributed by atoms with Crippen molar-refractivity contribution in [3.8, 4) is 0 Å². The van der Waals surface area contributed by atoms with Crippen LogP contribution in [-0.2, 0) is 14.3 Å². The van der Waals surface area contributed by atoms with Crippen LogP contribution in [0.15, 0.2) is 0 Å². The van der Waals surface area contributed by atoms with Crippen LogP contribution in [0.25, 0.3) is 0 Å². The average molecular weight is 364 g/mol. The molecule has 0 aromatic carbocycles. The Hall–Kier alpha value is -1.90. The van der Waals surface area contributed by atoms with Crippen LogP contribution in [0, 0.1) is 0 Å². The molecule has 25 heavy (non-hydrogen) atoms. The Labute approximate surface area is 147 Å². The summed E-state index contributed by atoms with van der Waals surface area (Å²) in [6.07, 6.45) is -4.32. The number of carbonyl (C=O) groups is 3. The van der Waals surface area contributed by atoms with Gasteiger partial charge in [-0.2, -0.15) is 4.90 Å². The van der Waals surface area contributed by atoms with Crippen LogP contribution in [0.3, 0.4) is 0 Å². The number of hydrogen-bond donors (Lipinski definition) is 2. The number of carbonyl (C=O) groups excluding carboxylic acids is 2. The van der Waals surface area contributed by atoms with Crippen molar-refractivity contribution in [3.05, 3.63) is 0 Å². The van der Waals surface area contributed by atoms with Gasteiger partial charge in [0.15, 0.2) is 0 Å². The SMILES string of the molecule is CC(C)(C)OC(=O)N(C(=O)OC(C)(C)C)[C@@H](CCC(F)CN)C(=O)O. The van der Waals surface area contributed by atoms with E-state index in [9.17, 15) is 23.9 Å². The zero-order valence-electron chi connectivity index (χ0n) is 15.7. The van der Waals surface area contributed by atoms with E-state index in [0.29, 0.717) is 4.90 Å². The molecule has 0 bridgehead atoms. The summed E-state index contributed by atoms with van der Waals surface area (Å²) in [5.41, 5.74) is 3.26. The van der Waals surface area contributed by atoms with Gasteiger partial charge < -0.3 is 20.3 Å². The van der Waals surface area contributed by atoms with E-state index in [2.05, 4.69) is 0 Å². The maximum Gasteiger partial charge on any atom is 0.420 e. The van der Waals surface area contributed by atoms with E-state index >= 15 is 0 Å². The molecule has 0 saturated heterocycles. The smallest absolute Gasteiger partial charge is 0.420 e. The number of halogens is 1. The number of carboxylic acid groups (broad SMARTS) is 1. The van der Waals surface area contributed by atoms with Crippen LogP contribution >= 0.6 is 0 Å². The summed E-state index contributed by atoms with van der Waals surface area (Å²) in [4.78, 5) is 36.7. The molecule has 0 aliphatic carbocycles. The molecule has 0 fully saturated rings. The average Bonchev–Trinajstić information content (AvgIpc) is 2.37. The molecule has 0 aromatic heterocycles. The molecule has 0 saturated carbocycles. The van der Waals surface area contributed by atoms with Crippen molar-refractivity contribution in [3.63, 3.8) is 0 Å². The van der Waals surface area contributed by atoms with Gasteiger partial charge in [0, 0.05) is 6.54 Å². The monoisotopic (exact) mass is 364 g/mol. The fourth-order valence-electron chi connectivity index (χ4n) is 1.77. The quantitative estimate of drug-likeness (QED) is 0.743. The van der Waals surface area contributed by atoms with Crippen LogP contribution in [0.1, 0.15) is 54.4 Å². The van der Waals surface area contributed by atoms with E-state index in [1.165, 1.54) is 0 Å². The Kier molecular flexibility index (Phi) is 8.30. The van der Waals surface area contributed by atoms with Gasteiger partial charge >= 0.3 is 18.2 Å². The van der Waals surface area contributed by atoms with Gasteiger partial charge in [0.2, 0.25) is 0 Å². The Morgan fingerprint density at radius 2 is 1.40 bits per heavy atom. The van der Waals surface area contributed by atoms with Gasteiger partial charge in [-0.3, -0.25) is 0 Å². The van der Waals surface area contributed by atoms with Crippen molar-refractivity contribution in [2.45, 2.75) is 77.8 Å². The van der Waals surface area contributed by atoms with Crippen molar-refractivity contribution in [1.82, 2.24) is 4.90 Å². The van der Waals surface area contributed by atoms with Crippen molar-refractivity contribution in [1.29, 1.82) is 0 Å². The zero-order chi connectivity index (χ0) is 20.0. The molecule has 3 N–H and O–H groups in total. The molecule has 0 aromatic rings. The highest BCUT2D eigenvalue weighted by molar-refractivity contribution is 5.93. The summed E-state index contributed by atoms with van der Waals surface area (Å²) in [6.45, 7) is 9.13. The number of alkyl halides is 1. The number of amides is 2. The Bertz CT molecular complexity index is 456. The largest absolute Gasteiger partial charge is 0.480 e. The van der Waals surface area contributed by atoms with Crippen molar-refractivity contribution < 1.29 is 33.4 Å². The minimum absolute atomic E-state index is 0.227. The standard InChI is InChI=1S/C16H29FN2O6/c1-15(2,3)24-13(22)19(14(23)25-16(4,5)6)11(12(20)21)8-7-10(17)9-18/h10-11H,7-9,18H2,1-6H3,(H,20,21)/t10?,11-/m0/s1. The lowest BCUT2D eigenvalue weighted by Crippen LogP contribution is -2.52. The molecule has 2 atom stereocenters. The van der Waals surface area contributed by atoms with Gasteiger partial charge in [-0.05, 0) is 54.4 Å². The third-order valence-electron chi connectivity index (χ3n) is 2.79. The van der Waals surface area contributed by atoms with Crippen molar-refractivity contribution in [2.24, 2.45) is 5.73 Å². The molecule has 0 aliphatic rings. The van der Waals surface area contributed by atoms with E-state index in [1.54, 1.807) is 41.5 Å². The summed E-state index contributed by atoms with van der Waals surface area (Å²) in [7, 11) is 0. The van der Waals surface area contributed by atoms with Crippen LogP contribution in [0.5, 0.6) is 0 Å². The summed E-state index contributed by atoms with van der Waals surface area (Å²) >= 11 is 0. The molecule has 146 valence electrons. The summed E-state index contributed by atoms with van der Waals surface area (Å²) < 4.78 is 23.6. The fraction of sp³-hybridized carbons (Fsp3) is 0.812. The van der Waals surface area contributed by atoms with Crippen LogP contribution in [-0.4, -0.2) is 58.1 Å². The maximum absolute atomic E-state index is 13.4. The lowest BCUT2D eigenvalue weighted by Gasteiger charge is -2.31. The molecule has 1 unspecified atom stereocenters. The minimum Gasteiger partial charge on any atom is -0.480 e. The molecule has 0 aliphatic heterocycles. The number of nitrogens with zero attached hydrogens (tertiary/aromatic N) is 1. The second-order valence-corrected chi connectivity index (χ2v) is 7.60. The lowest BCUT2D eigenvalue weighted by atomic mass is 10.1. The van der Waals surface area contributed by atoms with Crippen molar-refractivity contribution in [2.75, 3.05) is 6.54 Å². The Morgan fingerprint density at radius 1 is 1.00 bits per heavy atom. The number of carboxylic acids is 1. The molecule has 0 rings (SSSR count). The highest BCUT2D eigenvalue weighted by Crippen LogP contribution is 2.20. The predicted octanol–water partition coefficient (Wildman–Crippen LogP) is 2.69. The molecular weight excluding hydrogens is 335 g/mol. The van der Waals surface area contributed by atoms with Crippen LogP contribution in [0.2, 0.25) is 0 Å². The third kappa shape index (κ3) is 9.23. The number of hydrogen-bond acceptors (Lipinski definition) is 6. The highest BCUT2D eigenvalue weighted by atomic mass is 19.1. The first-order valence-electron chi connectivity index (χ1n) is 8.00. The molecule has 0 heterocycles. The molecule has 9 heteroatoms. The van der Waals surface area contributed by atoms with E-state index < -0.39 is 41.6 Å². The lowest BCUT2D eigenvalue weighted by molar-refractivity contribution is -0.143. The third-order valence-corrected chi connectivity index (χ3v) is 2.79. The fourth-order valence-corrected chi connectivity index (χ4v) is 1.77. The van der Waals surface area contributed by atoms with E-state index in [0.717, 1.165) is 0 Å². The van der Waals surface area contributed by atoms with Gasteiger partial charge in [-0.25, -0.2) is 18.8 Å². The van der Waals surface area contributed by atoms with Gasteiger partial charge in [0.25, 0.3) is 0 Å².